The first-order valence-corrected chi connectivity index (χ1v) is 6.05. The van der Waals surface area contributed by atoms with E-state index in [1.165, 1.54) is 11.1 Å². The van der Waals surface area contributed by atoms with E-state index in [2.05, 4.69) is 21.7 Å². The van der Waals surface area contributed by atoms with Crippen molar-refractivity contribution in [2.75, 3.05) is 20.8 Å². The summed E-state index contributed by atoms with van der Waals surface area (Å²) >= 11 is 0. The van der Waals surface area contributed by atoms with E-state index in [0.717, 1.165) is 36.6 Å². The lowest BCUT2D eigenvalue weighted by Crippen LogP contribution is -2.25. The molecule has 1 unspecified atom stereocenters. The van der Waals surface area contributed by atoms with Gasteiger partial charge in [0.05, 0.1) is 23.7 Å². The highest BCUT2D eigenvalue weighted by Crippen LogP contribution is 2.46. The summed E-state index contributed by atoms with van der Waals surface area (Å²) in [6.45, 7) is 3.87. The fraction of sp³-hybridized carbons (Fsp3) is 0.500. The predicted octanol–water partition coefficient (Wildman–Crippen LogP) is 1.83. The number of benzene rings is 1. The quantitative estimate of drug-likeness (QED) is 0.836. The van der Waals surface area contributed by atoms with Crippen molar-refractivity contribution in [1.82, 2.24) is 5.32 Å². The molecular weight excluding hydrogens is 237 g/mol. The van der Waals surface area contributed by atoms with E-state index < -0.39 is 0 Å². The predicted molar refractivity (Wildman–Crippen MR) is 70.0 cm³/mol. The SMILES string of the molecule is COc1c(C)c2c(c(OP)c1OC)CCNC2. The fourth-order valence-electron chi connectivity index (χ4n) is 2.40. The summed E-state index contributed by atoms with van der Waals surface area (Å²) in [5.74, 6) is 2.21. The number of ether oxygens (including phenoxy) is 2. The zero-order valence-electron chi connectivity index (χ0n) is 10.4. The molecular formula is C12H18NO3P. The third kappa shape index (κ3) is 1.96. The molecule has 0 radical (unpaired) electrons. The fourth-order valence-corrected chi connectivity index (χ4v) is 2.65. The topological polar surface area (TPSA) is 39.7 Å². The number of hydrogen-bond acceptors (Lipinski definition) is 4. The molecule has 1 aliphatic rings. The second-order valence-corrected chi connectivity index (χ2v) is 4.26. The Kier molecular flexibility index (Phi) is 3.75. The second-order valence-electron chi connectivity index (χ2n) is 4.02. The number of rotatable bonds is 3. The molecule has 1 aromatic rings. The van der Waals surface area contributed by atoms with Gasteiger partial charge in [0.1, 0.15) is 0 Å². The smallest absolute Gasteiger partial charge is 0.204 e. The second kappa shape index (κ2) is 5.11. The maximum absolute atomic E-state index is 5.43. The monoisotopic (exact) mass is 255 g/mol. The van der Waals surface area contributed by atoms with Crippen LogP contribution in [0, 0.1) is 6.92 Å². The molecule has 2 rings (SSSR count). The highest BCUT2D eigenvalue weighted by Gasteiger charge is 2.25. The van der Waals surface area contributed by atoms with Crippen LogP contribution < -0.4 is 19.3 Å². The van der Waals surface area contributed by atoms with Crippen LogP contribution >= 0.6 is 9.47 Å². The molecule has 4 nitrogen and oxygen atoms in total. The largest absolute Gasteiger partial charge is 0.492 e. The van der Waals surface area contributed by atoms with E-state index in [-0.39, 0.29) is 0 Å². The van der Waals surface area contributed by atoms with Gasteiger partial charge in [0.2, 0.25) is 5.75 Å². The summed E-state index contributed by atoms with van der Waals surface area (Å²) in [5, 5.41) is 3.36. The summed E-state index contributed by atoms with van der Waals surface area (Å²) < 4.78 is 16.3. The minimum absolute atomic E-state index is 0.681. The molecule has 1 N–H and O–H groups in total. The molecule has 0 saturated heterocycles. The van der Waals surface area contributed by atoms with Crippen LogP contribution in [0.5, 0.6) is 17.2 Å². The van der Waals surface area contributed by atoms with Gasteiger partial charge in [-0.2, -0.15) is 0 Å². The Bertz CT molecular complexity index is 417. The van der Waals surface area contributed by atoms with Crippen LogP contribution in [0.25, 0.3) is 0 Å². The van der Waals surface area contributed by atoms with Gasteiger partial charge in [-0.15, -0.1) is 0 Å². The zero-order chi connectivity index (χ0) is 12.4. The van der Waals surface area contributed by atoms with E-state index in [1.54, 1.807) is 14.2 Å². The number of methoxy groups -OCH3 is 2. The first-order chi connectivity index (χ1) is 8.24. The van der Waals surface area contributed by atoms with E-state index in [1.807, 2.05) is 0 Å². The Labute approximate surface area is 104 Å². The summed E-state index contributed by atoms with van der Waals surface area (Å²) in [5.41, 5.74) is 3.60. The van der Waals surface area contributed by atoms with Crippen LogP contribution in [0.1, 0.15) is 16.7 Å². The summed E-state index contributed by atoms with van der Waals surface area (Å²) in [6, 6.07) is 0. The van der Waals surface area contributed by atoms with Crippen molar-refractivity contribution in [2.45, 2.75) is 19.9 Å². The van der Waals surface area contributed by atoms with Crippen molar-refractivity contribution in [2.24, 2.45) is 0 Å². The van der Waals surface area contributed by atoms with Crippen molar-refractivity contribution in [1.29, 1.82) is 0 Å². The van der Waals surface area contributed by atoms with E-state index in [4.69, 9.17) is 14.0 Å². The van der Waals surface area contributed by atoms with Gasteiger partial charge in [-0.25, -0.2) is 0 Å². The molecule has 1 aromatic carbocycles. The molecule has 0 aromatic heterocycles. The molecule has 0 saturated carbocycles. The molecule has 0 aliphatic carbocycles. The zero-order valence-corrected chi connectivity index (χ0v) is 11.6. The molecule has 0 bridgehead atoms. The summed E-state index contributed by atoms with van der Waals surface area (Å²) in [6.07, 6.45) is 0.945. The Morgan fingerprint density at radius 1 is 1.06 bits per heavy atom. The minimum atomic E-state index is 0.681. The van der Waals surface area contributed by atoms with Gasteiger partial charge < -0.3 is 19.3 Å². The van der Waals surface area contributed by atoms with Gasteiger partial charge in [0.25, 0.3) is 0 Å². The number of fused-ring (bicyclic) bond motifs is 1. The first kappa shape index (κ1) is 12.5. The molecule has 5 heteroatoms. The van der Waals surface area contributed by atoms with E-state index >= 15 is 0 Å². The van der Waals surface area contributed by atoms with Crippen molar-refractivity contribution in [3.05, 3.63) is 16.7 Å². The van der Waals surface area contributed by atoms with Crippen LogP contribution in [-0.4, -0.2) is 20.8 Å². The third-order valence-electron chi connectivity index (χ3n) is 3.22. The average molecular weight is 255 g/mol. The Morgan fingerprint density at radius 2 is 1.76 bits per heavy atom. The molecule has 0 fully saturated rings. The lowest BCUT2D eigenvalue weighted by atomic mass is 9.94. The van der Waals surface area contributed by atoms with Gasteiger partial charge in [-0.1, -0.05) is 0 Å². The third-order valence-corrected chi connectivity index (χ3v) is 3.46. The van der Waals surface area contributed by atoms with Crippen molar-refractivity contribution in [3.8, 4) is 17.2 Å². The Balaban J connectivity index is 2.71. The molecule has 0 amide bonds. The molecule has 17 heavy (non-hydrogen) atoms. The molecule has 94 valence electrons. The van der Waals surface area contributed by atoms with Gasteiger partial charge in [0.15, 0.2) is 11.5 Å². The average Bonchev–Trinajstić information content (AvgIpc) is 2.38. The van der Waals surface area contributed by atoms with Crippen LogP contribution in [0.2, 0.25) is 0 Å². The van der Waals surface area contributed by atoms with Crippen molar-refractivity contribution in [3.63, 3.8) is 0 Å². The van der Waals surface area contributed by atoms with E-state index in [9.17, 15) is 0 Å². The van der Waals surface area contributed by atoms with Gasteiger partial charge in [-0.3, -0.25) is 0 Å². The highest BCUT2D eigenvalue weighted by molar-refractivity contribution is 7.10. The minimum Gasteiger partial charge on any atom is -0.492 e. The number of nitrogens with one attached hydrogen (secondary N) is 1. The van der Waals surface area contributed by atoms with Crippen LogP contribution in [0.3, 0.4) is 0 Å². The molecule has 1 atom stereocenters. The lowest BCUT2D eigenvalue weighted by Gasteiger charge is -2.25. The van der Waals surface area contributed by atoms with Gasteiger partial charge in [0, 0.05) is 12.1 Å². The van der Waals surface area contributed by atoms with E-state index in [0.29, 0.717) is 5.75 Å². The summed E-state index contributed by atoms with van der Waals surface area (Å²) in [7, 11) is 5.58. The van der Waals surface area contributed by atoms with Crippen molar-refractivity contribution < 1.29 is 14.0 Å². The Morgan fingerprint density at radius 3 is 2.35 bits per heavy atom. The van der Waals surface area contributed by atoms with Crippen LogP contribution in [-0.2, 0) is 13.0 Å². The van der Waals surface area contributed by atoms with Crippen LogP contribution in [0.15, 0.2) is 0 Å². The summed E-state index contributed by atoms with van der Waals surface area (Å²) in [4.78, 5) is 0. The lowest BCUT2D eigenvalue weighted by molar-refractivity contribution is 0.341. The molecule has 1 heterocycles. The maximum atomic E-state index is 5.43. The van der Waals surface area contributed by atoms with Crippen LogP contribution in [0.4, 0.5) is 0 Å². The molecule has 1 aliphatic heterocycles. The standard InChI is InChI=1S/C12H18NO3P/c1-7-9-6-13-5-4-8(9)11(16-17)12(15-3)10(7)14-2/h13H,4-6,17H2,1-3H3. The Hall–Kier alpha value is -0.990. The van der Waals surface area contributed by atoms with Crippen molar-refractivity contribution >= 4 is 9.47 Å². The maximum Gasteiger partial charge on any atom is 0.204 e. The van der Waals surface area contributed by atoms with Gasteiger partial charge >= 0.3 is 0 Å². The normalized spacial score (nSPS) is 14.1. The highest BCUT2D eigenvalue weighted by atomic mass is 31.0. The number of hydrogen-bond donors (Lipinski definition) is 1. The first-order valence-electron chi connectivity index (χ1n) is 5.58. The molecule has 0 spiro atoms. The van der Waals surface area contributed by atoms with Gasteiger partial charge in [-0.05, 0) is 31.0 Å².